The number of carbonyl (C=O) groups is 2. The van der Waals surface area contributed by atoms with Gasteiger partial charge in [-0.2, -0.15) is 5.10 Å². The lowest BCUT2D eigenvalue weighted by molar-refractivity contribution is 0.0909. The van der Waals surface area contributed by atoms with Crippen LogP contribution in [0.15, 0.2) is 42.7 Å². The topological polar surface area (TPSA) is 123 Å². The molecule has 0 spiro atoms. The van der Waals surface area contributed by atoms with Gasteiger partial charge in [-0.25, -0.2) is 4.68 Å². The lowest BCUT2D eigenvalue weighted by Gasteiger charge is -2.29. The van der Waals surface area contributed by atoms with Gasteiger partial charge in [0.2, 0.25) is 0 Å². The Hall–Kier alpha value is -3.52. The maximum absolute atomic E-state index is 13.1. The van der Waals surface area contributed by atoms with Crippen LogP contribution in [-0.4, -0.2) is 44.7 Å². The summed E-state index contributed by atoms with van der Waals surface area (Å²) in [6.45, 7) is 4.35. The third-order valence-electron chi connectivity index (χ3n) is 5.65. The van der Waals surface area contributed by atoms with Gasteiger partial charge in [-0.1, -0.05) is 19.9 Å². The van der Waals surface area contributed by atoms with E-state index in [1.54, 1.807) is 35.3 Å². The summed E-state index contributed by atoms with van der Waals surface area (Å²) in [4.78, 5) is 29.2. The van der Waals surface area contributed by atoms with Crippen molar-refractivity contribution in [1.82, 2.24) is 14.8 Å². The van der Waals surface area contributed by atoms with Crippen molar-refractivity contribution < 1.29 is 14.7 Å². The molecule has 32 heavy (non-hydrogen) atoms. The van der Waals surface area contributed by atoms with Gasteiger partial charge < -0.3 is 16.2 Å². The number of primary amides is 1. The molecule has 0 fully saturated rings. The Balaban J connectivity index is 1.85. The molecule has 0 saturated carbocycles. The molecule has 2 heterocycles. The number of amides is 1. The monoisotopic (exact) mass is 433 g/mol. The molecule has 2 aromatic heterocycles. The van der Waals surface area contributed by atoms with E-state index in [1.807, 2.05) is 12.1 Å². The second-order valence-corrected chi connectivity index (χ2v) is 8.90. The molecule has 1 aliphatic rings. The van der Waals surface area contributed by atoms with Crippen LogP contribution in [0.25, 0.3) is 5.69 Å². The van der Waals surface area contributed by atoms with Crippen molar-refractivity contribution in [3.05, 3.63) is 70.8 Å². The van der Waals surface area contributed by atoms with E-state index < -0.39 is 5.91 Å². The summed E-state index contributed by atoms with van der Waals surface area (Å²) in [7, 11) is 0. The molecule has 1 amide bonds. The molecule has 4 rings (SSSR count). The molecule has 3 aromatic rings. The molecule has 0 bridgehead atoms. The van der Waals surface area contributed by atoms with Gasteiger partial charge in [0.05, 0.1) is 34.8 Å². The van der Waals surface area contributed by atoms with E-state index in [-0.39, 0.29) is 24.3 Å². The van der Waals surface area contributed by atoms with Crippen molar-refractivity contribution in [2.24, 2.45) is 11.1 Å². The van der Waals surface area contributed by atoms with Crippen molar-refractivity contribution in [1.29, 1.82) is 0 Å². The van der Waals surface area contributed by atoms with Crippen LogP contribution in [0.2, 0.25) is 0 Å². The Kier molecular flexibility index (Phi) is 5.80. The van der Waals surface area contributed by atoms with Crippen molar-refractivity contribution in [2.75, 3.05) is 18.5 Å². The zero-order chi connectivity index (χ0) is 22.9. The van der Waals surface area contributed by atoms with E-state index in [2.05, 4.69) is 24.1 Å². The number of nitrogens with one attached hydrogen (secondary N) is 1. The minimum Gasteiger partial charge on any atom is -0.395 e. The van der Waals surface area contributed by atoms with Crippen LogP contribution in [-0.2, 0) is 12.8 Å². The molecule has 0 unspecified atom stereocenters. The van der Waals surface area contributed by atoms with Crippen molar-refractivity contribution >= 4 is 17.4 Å². The molecular weight excluding hydrogens is 406 g/mol. The third-order valence-corrected chi connectivity index (χ3v) is 5.65. The summed E-state index contributed by atoms with van der Waals surface area (Å²) in [6, 6.07) is 9.03. The van der Waals surface area contributed by atoms with Gasteiger partial charge >= 0.3 is 0 Å². The number of ketones is 1. The Morgan fingerprint density at radius 1 is 1.28 bits per heavy atom. The molecule has 1 aromatic carbocycles. The Morgan fingerprint density at radius 2 is 2.09 bits per heavy atom. The van der Waals surface area contributed by atoms with Gasteiger partial charge in [0.25, 0.3) is 5.91 Å². The number of Topliss-reactive ketones (excluding diaryl/α,β-unsaturated/α-hetero) is 1. The van der Waals surface area contributed by atoms with Crippen LogP contribution in [0.1, 0.15) is 57.9 Å². The maximum atomic E-state index is 13.1. The Morgan fingerprint density at radius 3 is 2.78 bits per heavy atom. The molecule has 0 atom stereocenters. The number of pyridine rings is 1. The van der Waals surface area contributed by atoms with E-state index in [9.17, 15) is 14.7 Å². The minimum atomic E-state index is -0.562. The molecule has 1 aliphatic carbocycles. The van der Waals surface area contributed by atoms with Gasteiger partial charge in [-0.15, -0.1) is 0 Å². The predicted molar refractivity (Wildman–Crippen MR) is 121 cm³/mol. The second kappa shape index (κ2) is 8.55. The van der Waals surface area contributed by atoms with E-state index in [1.165, 1.54) is 0 Å². The summed E-state index contributed by atoms with van der Waals surface area (Å²) >= 11 is 0. The first-order valence-electron chi connectivity index (χ1n) is 10.6. The maximum Gasteiger partial charge on any atom is 0.250 e. The molecule has 8 nitrogen and oxygen atoms in total. The number of benzene rings is 1. The Bertz CT molecular complexity index is 1170. The lowest BCUT2D eigenvalue weighted by atomic mass is 9.75. The van der Waals surface area contributed by atoms with Crippen molar-refractivity contribution in [2.45, 2.75) is 33.1 Å². The van der Waals surface area contributed by atoms with Crippen LogP contribution < -0.4 is 11.1 Å². The second-order valence-electron chi connectivity index (χ2n) is 8.90. The van der Waals surface area contributed by atoms with E-state index in [4.69, 9.17) is 10.8 Å². The van der Waals surface area contributed by atoms with Crippen LogP contribution >= 0.6 is 0 Å². The van der Waals surface area contributed by atoms with Gasteiger partial charge in [0.15, 0.2) is 5.78 Å². The number of hydrogen-bond donors (Lipinski definition) is 3. The number of fused-ring (bicyclic) bond motifs is 1. The summed E-state index contributed by atoms with van der Waals surface area (Å²) in [5.74, 6) is -0.471. The molecule has 4 N–H and O–H groups in total. The van der Waals surface area contributed by atoms with E-state index in [0.717, 1.165) is 22.6 Å². The van der Waals surface area contributed by atoms with Crippen LogP contribution in [0.3, 0.4) is 0 Å². The number of hydrogen-bond acceptors (Lipinski definition) is 6. The summed E-state index contributed by atoms with van der Waals surface area (Å²) in [6.07, 6.45) is 5.17. The summed E-state index contributed by atoms with van der Waals surface area (Å²) in [5.41, 5.74) is 10.1. The average Bonchev–Trinajstić information content (AvgIpc) is 3.09. The zero-order valence-corrected chi connectivity index (χ0v) is 18.3. The number of nitrogens with two attached hydrogens (primary N) is 1. The molecule has 0 aliphatic heterocycles. The van der Waals surface area contributed by atoms with E-state index >= 15 is 0 Å². The summed E-state index contributed by atoms with van der Waals surface area (Å²) in [5, 5.41) is 17.1. The fourth-order valence-electron chi connectivity index (χ4n) is 4.28. The normalized spacial score (nSPS) is 14.8. The largest absolute Gasteiger partial charge is 0.395 e. The standard InChI is InChI=1S/C24H27N5O3/c1-24(2)12-20-22(21(31)13-24)19(10-15-4-3-7-26-14-15)28-29(20)16-5-6-17(23(25)32)18(11-16)27-8-9-30/h3-7,11,14,27,30H,8-10,12-13H2,1-2H3,(H2,25,32). The van der Waals surface area contributed by atoms with Gasteiger partial charge in [0, 0.05) is 37.5 Å². The highest BCUT2D eigenvalue weighted by Crippen LogP contribution is 2.38. The van der Waals surface area contributed by atoms with Gasteiger partial charge in [-0.05, 0) is 41.7 Å². The highest BCUT2D eigenvalue weighted by molar-refractivity contribution is 6.00. The first-order valence-corrected chi connectivity index (χ1v) is 10.6. The quantitative estimate of drug-likeness (QED) is 0.526. The molecule has 8 heteroatoms. The van der Waals surface area contributed by atoms with E-state index in [0.29, 0.717) is 36.1 Å². The lowest BCUT2D eigenvalue weighted by Crippen LogP contribution is -2.28. The number of aliphatic hydroxyl groups excluding tert-OH is 1. The number of aliphatic hydroxyl groups is 1. The van der Waals surface area contributed by atoms with Gasteiger partial charge in [0.1, 0.15) is 0 Å². The summed E-state index contributed by atoms with van der Waals surface area (Å²) < 4.78 is 1.80. The third kappa shape index (κ3) is 4.27. The molecule has 0 radical (unpaired) electrons. The smallest absolute Gasteiger partial charge is 0.250 e. The number of nitrogens with zero attached hydrogens (tertiary/aromatic N) is 3. The molecule has 166 valence electrons. The van der Waals surface area contributed by atoms with Crippen molar-refractivity contribution in [3.63, 3.8) is 0 Å². The number of anilines is 1. The predicted octanol–water partition coefficient (Wildman–Crippen LogP) is 2.52. The Labute approximate surface area is 186 Å². The number of aromatic nitrogens is 3. The first-order chi connectivity index (χ1) is 15.3. The number of carbonyl (C=O) groups excluding carboxylic acids is 2. The first kappa shape index (κ1) is 21.7. The molecular formula is C24H27N5O3. The highest BCUT2D eigenvalue weighted by atomic mass is 16.3. The van der Waals surface area contributed by atoms with Crippen molar-refractivity contribution in [3.8, 4) is 5.69 Å². The fourth-order valence-corrected chi connectivity index (χ4v) is 4.28. The minimum absolute atomic E-state index is 0.0858. The van der Waals surface area contributed by atoms with Crippen LogP contribution in [0.4, 0.5) is 5.69 Å². The average molecular weight is 434 g/mol. The molecule has 0 saturated heterocycles. The fraction of sp³-hybridized carbons (Fsp3) is 0.333. The SMILES string of the molecule is CC1(C)CC(=O)c2c(Cc3cccnc3)nn(-c3ccc(C(N)=O)c(NCCO)c3)c2C1. The zero-order valence-electron chi connectivity index (χ0n) is 18.3. The number of rotatable bonds is 7. The van der Waals surface area contributed by atoms with Gasteiger partial charge in [-0.3, -0.25) is 14.6 Å². The van der Waals surface area contributed by atoms with Crippen LogP contribution in [0.5, 0.6) is 0 Å². The van der Waals surface area contributed by atoms with Crippen LogP contribution in [0, 0.1) is 5.41 Å². The highest BCUT2D eigenvalue weighted by Gasteiger charge is 2.36.